The number of rotatable bonds is 4. The van der Waals surface area contributed by atoms with Gasteiger partial charge in [0.1, 0.15) is 0 Å². The SMILES string of the molecule is NNC(Cc1ccccc1Cl)C1CCCc2cccnc21. The van der Waals surface area contributed by atoms with Crippen LogP contribution in [0.15, 0.2) is 42.6 Å². The molecule has 0 spiro atoms. The van der Waals surface area contributed by atoms with Gasteiger partial charge in [-0.25, -0.2) is 0 Å². The Morgan fingerprint density at radius 3 is 2.95 bits per heavy atom. The van der Waals surface area contributed by atoms with Gasteiger partial charge in [0.25, 0.3) is 0 Å². The van der Waals surface area contributed by atoms with Gasteiger partial charge >= 0.3 is 0 Å². The summed E-state index contributed by atoms with van der Waals surface area (Å²) in [5.41, 5.74) is 6.67. The highest BCUT2D eigenvalue weighted by atomic mass is 35.5. The smallest absolute Gasteiger partial charge is 0.0482 e. The maximum Gasteiger partial charge on any atom is 0.0482 e. The van der Waals surface area contributed by atoms with E-state index in [-0.39, 0.29) is 6.04 Å². The quantitative estimate of drug-likeness (QED) is 0.673. The van der Waals surface area contributed by atoms with Crippen molar-refractivity contribution in [2.24, 2.45) is 5.84 Å². The third kappa shape index (κ3) is 3.10. The average molecular weight is 302 g/mol. The molecule has 1 aliphatic rings. The van der Waals surface area contributed by atoms with Crippen molar-refractivity contribution in [2.45, 2.75) is 37.6 Å². The number of benzene rings is 1. The van der Waals surface area contributed by atoms with Crippen molar-refractivity contribution in [2.75, 3.05) is 0 Å². The summed E-state index contributed by atoms with van der Waals surface area (Å²) in [6.07, 6.45) is 6.10. The normalized spacial score (nSPS) is 19.0. The summed E-state index contributed by atoms with van der Waals surface area (Å²) in [7, 11) is 0. The number of nitrogens with one attached hydrogen (secondary N) is 1. The first kappa shape index (κ1) is 14.5. The van der Waals surface area contributed by atoms with Crippen LogP contribution in [0.5, 0.6) is 0 Å². The summed E-state index contributed by atoms with van der Waals surface area (Å²) in [5, 5.41) is 0.801. The number of hydrogen-bond donors (Lipinski definition) is 2. The third-order valence-electron chi connectivity index (χ3n) is 4.34. The zero-order valence-corrected chi connectivity index (χ0v) is 12.7. The van der Waals surface area contributed by atoms with Crippen LogP contribution in [-0.2, 0) is 12.8 Å². The number of nitrogens with two attached hydrogens (primary N) is 1. The van der Waals surface area contributed by atoms with E-state index in [9.17, 15) is 0 Å². The van der Waals surface area contributed by atoms with E-state index in [1.54, 1.807) is 0 Å². The molecule has 0 fully saturated rings. The van der Waals surface area contributed by atoms with Gasteiger partial charge in [-0.3, -0.25) is 16.3 Å². The predicted octanol–water partition coefficient (Wildman–Crippen LogP) is 3.23. The summed E-state index contributed by atoms with van der Waals surface area (Å²) >= 11 is 6.28. The Hall–Kier alpha value is -1.42. The van der Waals surface area contributed by atoms with E-state index >= 15 is 0 Å². The molecule has 0 radical (unpaired) electrons. The van der Waals surface area contributed by atoms with E-state index in [2.05, 4.69) is 22.5 Å². The van der Waals surface area contributed by atoms with Crippen LogP contribution in [0.25, 0.3) is 0 Å². The zero-order valence-electron chi connectivity index (χ0n) is 11.9. The van der Waals surface area contributed by atoms with Crippen LogP contribution in [0.3, 0.4) is 0 Å². The highest BCUT2D eigenvalue weighted by Crippen LogP contribution is 2.34. The van der Waals surface area contributed by atoms with Crippen molar-refractivity contribution in [1.29, 1.82) is 0 Å². The van der Waals surface area contributed by atoms with Gasteiger partial charge in [0, 0.05) is 28.9 Å². The van der Waals surface area contributed by atoms with Crippen LogP contribution in [0.2, 0.25) is 5.02 Å². The van der Waals surface area contributed by atoms with Gasteiger partial charge in [-0.05, 0) is 48.9 Å². The van der Waals surface area contributed by atoms with Gasteiger partial charge in [-0.1, -0.05) is 35.9 Å². The lowest BCUT2D eigenvalue weighted by Gasteiger charge is -2.31. The summed E-state index contributed by atoms with van der Waals surface area (Å²) in [4.78, 5) is 4.61. The molecule has 0 bridgehead atoms. The van der Waals surface area contributed by atoms with Gasteiger partial charge in [-0.2, -0.15) is 0 Å². The Balaban J connectivity index is 1.86. The van der Waals surface area contributed by atoms with Crippen molar-refractivity contribution in [3.05, 3.63) is 64.4 Å². The molecule has 2 aromatic rings. The lowest BCUT2D eigenvalue weighted by molar-refractivity contribution is 0.387. The fraction of sp³-hybridized carbons (Fsp3) is 0.353. The molecular weight excluding hydrogens is 282 g/mol. The Kier molecular flexibility index (Phi) is 4.54. The lowest BCUT2D eigenvalue weighted by atomic mass is 9.80. The first-order valence-electron chi connectivity index (χ1n) is 7.43. The van der Waals surface area contributed by atoms with Crippen LogP contribution < -0.4 is 11.3 Å². The fourth-order valence-electron chi connectivity index (χ4n) is 3.26. The molecule has 110 valence electrons. The molecule has 2 unspecified atom stereocenters. The summed E-state index contributed by atoms with van der Waals surface area (Å²) in [6, 6.07) is 12.3. The van der Waals surface area contributed by atoms with Gasteiger partial charge in [-0.15, -0.1) is 0 Å². The fourth-order valence-corrected chi connectivity index (χ4v) is 3.47. The number of halogens is 1. The maximum atomic E-state index is 6.28. The van der Waals surface area contributed by atoms with Crippen LogP contribution in [-0.4, -0.2) is 11.0 Å². The van der Waals surface area contributed by atoms with Crippen molar-refractivity contribution >= 4 is 11.6 Å². The Morgan fingerprint density at radius 1 is 1.29 bits per heavy atom. The van der Waals surface area contributed by atoms with E-state index < -0.39 is 0 Å². The molecule has 0 aliphatic heterocycles. The van der Waals surface area contributed by atoms with E-state index in [0.29, 0.717) is 5.92 Å². The number of nitrogens with zero attached hydrogens (tertiary/aromatic N) is 1. The number of fused-ring (bicyclic) bond motifs is 1. The molecule has 1 heterocycles. The van der Waals surface area contributed by atoms with Gasteiger partial charge in [0.15, 0.2) is 0 Å². The van der Waals surface area contributed by atoms with E-state index in [4.69, 9.17) is 17.4 Å². The van der Waals surface area contributed by atoms with Crippen molar-refractivity contribution in [3.8, 4) is 0 Å². The third-order valence-corrected chi connectivity index (χ3v) is 4.70. The molecule has 3 N–H and O–H groups in total. The standard InChI is InChI=1S/C17H20ClN3/c18-15-9-2-1-5-13(15)11-16(21-19)14-8-3-6-12-7-4-10-20-17(12)14/h1-2,4-5,7,9-10,14,16,21H,3,6,8,11,19H2. The van der Waals surface area contributed by atoms with Crippen LogP contribution in [0, 0.1) is 0 Å². The minimum atomic E-state index is 0.152. The van der Waals surface area contributed by atoms with E-state index in [1.165, 1.54) is 17.7 Å². The van der Waals surface area contributed by atoms with Gasteiger partial charge < -0.3 is 0 Å². The Labute approximate surface area is 130 Å². The highest BCUT2D eigenvalue weighted by molar-refractivity contribution is 6.31. The van der Waals surface area contributed by atoms with E-state index in [1.807, 2.05) is 30.5 Å². The molecule has 1 aromatic carbocycles. The second kappa shape index (κ2) is 6.56. The molecular formula is C17H20ClN3. The predicted molar refractivity (Wildman–Crippen MR) is 86.2 cm³/mol. The van der Waals surface area contributed by atoms with E-state index in [0.717, 1.165) is 29.8 Å². The number of aryl methyl sites for hydroxylation is 1. The minimum Gasteiger partial charge on any atom is -0.271 e. The summed E-state index contributed by atoms with van der Waals surface area (Å²) in [6.45, 7) is 0. The maximum absolute atomic E-state index is 6.28. The number of hydrogen-bond acceptors (Lipinski definition) is 3. The van der Waals surface area contributed by atoms with Crippen LogP contribution in [0.4, 0.5) is 0 Å². The highest BCUT2D eigenvalue weighted by Gasteiger charge is 2.28. The largest absolute Gasteiger partial charge is 0.271 e. The number of aromatic nitrogens is 1. The van der Waals surface area contributed by atoms with Crippen molar-refractivity contribution in [1.82, 2.24) is 10.4 Å². The van der Waals surface area contributed by atoms with Crippen molar-refractivity contribution in [3.63, 3.8) is 0 Å². The minimum absolute atomic E-state index is 0.152. The molecule has 0 saturated carbocycles. The summed E-state index contributed by atoms with van der Waals surface area (Å²) in [5.74, 6) is 6.18. The molecule has 1 aliphatic carbocycles. The molecule has 2 atom stereocenters. The monoisotopic (exact) mass is 301 g/mol. The topological polar surface area (TPSA) is 50.9 Å². The molecule has 1 aromatic heterocycles. The number of pyridine rings is 1. The van der Waals surface area contributed by atoms with Gasteiger partial charge in [0.2, 0.25) is 0 Å². The second-order valence-electron chi connectivity index (χ2n) is 5.62. The van der Waals surface area contributed by atoms with Gasteiger partial charge in [0.05, 0.1) is 0 Å². The lowest BCUT2D eigenvalue weighted by Crippen LogP contribution is -2.42. The molecule has 21 heavy (non-hydrogen) atoms. The number of hydrazine groups is 1. The summed E-state index contributed by atoms with van der Waals surface area (Å²) < 4.78 is 0. The first-order valence-corrected chi connectivity index (χ1v) is 7.80. The molecule has 4 heteroatoms. The second-order valence-corrected chi connectivity index (χ2v) is 6.02. The first-order chi connectivity index (χ1) is 10.3. The molecule has 0 amide bonds. The van der Waals surface area contributed by atoms with Crippen LogP contribution in [0.1, 0.15) is 35.6 Å². The molecule has 0 saturated heterocycles. The Morgan fingerprint density at radius 2 is 2.14 bits per heavy atom. The molecule has 3 nitrogen and oxygen atoms in total. The van der Waals surface area contributed by atoms with Crippen molar-refractivity contribution < 1.29 is 0 Å². The average Bonchev–Trinajstić information content (AvgIpc) is 2.54. The molecule has 3 rings (SSSR count). The zero-order chi connectivity index (χ0) is 14.7. The Bertz CT molecular complexity index is 614. The van der Waals surface area contributed by atoms with Crippen LogP contribution >= 0.6 is 11.6 Å².